The van der Waals surface area contributed by atoms with Crippen LogP contribution in [-0.4, -0.2) is 24.7 Å². The molecule has 90 valence electrons. The summed E-state index contributed by atoms with van der Waals surface area (Å²) in [5.41, 5.74) is 0. The molecule has 0 fully saturated rings. The molecule has 0 saturated carbocycles. The summed E-state index contributed by atoms with van der Waals surface area (Å²) >= 11 is 0. The largest absolute Gasteiger partial charge is 0.353 e. The van der Waals surface area contributed by atoms with Crippen LogP contribution < -0.4 is 0 Å². The zero-order valence-corrected chi connectivity index (χ0v) is 10.5. The highest BCUT2D eigenvalue weighted by molar-refractivity contribution is 5.31. The molecular formula is C14H24N2. The molecule has 0 aliphatic carbocycles. The lowest BCUT2D eigenvalue weighted by Gasteiger charge is -2.25. The SMILES string of the molecule is C=NC1=CC=CCN1CCCCCCCC. The van der Waals surface area contributed by atoms with E-state index < -0.39 is 0 Å². The fourth-order valence-corrected chi connectivity index (χ4v) is 1.98. The average molecular weight is 220 g/mol. The predicted octanol–water partition coefficient (Wildman–Crippen LogP) is 3.76. The Bertz CT molecular complexity index is 253. The van der Waals surface area contributed by atoms with Gasteiger partial charge in [0.25, 0.3) is 0 Å². The Morgan fingerprint density at radius 1 is 1.25 bits per heavy atom. The Labute approximate surface area is 99.8 Å². The first-order chi connectivity index (χ1) is 7.88. The normalized spacial score (nSPS) is 15.1. The van der Waals surface area contributed by atoms with Crippen LogP contribution in [0.25, 0.3) is 0 Å². The summed E-state index contributed by atoms with van der Waals surface area (Å²) in [5.74, 6) is 1.02. The van der Waals surface area contributed by atoms with E-state index in [1.165, 1.54) is 38.5 Å². The summed E-state index contributed by atoms with van der Waals surface area (Å²) < 4.78 is 0. The standard InChI is InChI=1S/C14H24N2/c1-3-4-5-6-7-9-12-16-13-10-8-11-14(16)15-2/h8,10-11H,2-7,9,12-13H2,1H3. The molecule has 1 heterocycles. The monoisotopic (exact) mass is 220 g/mol. The molecule has 1 aliphatic heterocycles. The minimum Gasteiger partial charge on any atom is -0.353 e. The molecule has 0 saturated heterocycles. The molecule has 2 heteroatoms. The van der Waals surface area contributed by atoms with Crippen molar-refractivity contribution in [2.24, 2.45) is 4.99 Å². The molecule has 1 rings (SSSR count). The first-order valence-electron chi connectivity index (χ1n) is 6.47. The maximum atomic E-state index is 4.04. The highest BCUT2D eigenvalue weighted by atomic mass is 15.2. The van der Waals surface area contributed by atoms with Gasteiger partial charge in [0.15, 0.2) is 0 Å². The van der Waals surface area contributed by atoms with Gasteiger partial charge in [-0.1, -0.05) is 51.2 Å². The van der Waals surface area contributed by atoms with Gasteiger partial charge in [0.2, 0.25) is 0 Å². The molecule has 0 aromatic heterocycles. The van der Waals surface area contributed by atoms with E-state index in [9.17, 15) is 0 Å². The van der Waals surface area contributed by atoms with E-state index in [4.69, 9.17) is 0 Å². The zero-order chi connectivity index (χ0) is 11.6. The number of unbranched alkanes of at least 4 members (excludes halogenated alkanes) is 5. The lowest BCUT2D eigenvalue weighted by Crippen LogP contribution is -2.25. The topological polar surface area (TPSA) is 15.6 Å². The lowest BCUT2D eigenvalue weighted by atomic mass is 10.1. The lowest BCUT2D eigenvalue weighted by molar-refractivity contribution is 0.358. The van der Waals surface area contributed by atoms with Crippen LogP contribution in [0.4, 0.5) is 0 Å². The van der Waals surface area contributed by atoms with Gasteiger partial charge in [0, 0.05) is 13.1 Å². The second-order valence-corrected chi connectivity index (χ2v) is 4.32. The molecule has 0 amide bonds. The molecule has 16 heavy (non-hydrogen) atoms. The van der Waals surface area contributed by atoms with Crippen molar-refractivity contribution in [1.82, 2.24) is 4.90 Å². The quantitative estimate of drug-likeness (QED) is 0.449. The second-order valence-electron chi connectivity index (χ2n) is 4.32. The van der Waals surface area contributed by atoms with Crippen molar-refractivity contribution in [3.63, 3.8) is 0 Å². The fourth-order valence-electron chi connectivity index (χ4n) is 1.98. The number of nitrogens with zero attached hydrogens (tertiary/aromatic N) is 2. The third-order valence-corrected chi connectivity index (χ3v) is 2.97. The Hall–Kier alpha value is -1.05. The predicted molar refractivity (Wildman–Crippen MR) is 71.7 cm³/mol. The van der Waals surface area contributed by atoms with Crippen LogP contribution in [0.3, 0.4) is 0 Å². The van der Waals surface area contributed by atoms with Gasteiger partial charge in [-0.2, -0.15) is 0 Å². The second kappa shape index (κ2) is 8.14. The molecule has 0 atom stereocenters. The van der Waals surface area contributed by atoms with Crippen LogP contribution in [-0.2, 0) is 0 Å². The van der Waals surface area contributed by atoms with E-state index in [2.05, 4.69) is 35.7 Å². The van der Waals surface area contributed by atoms with Gasteiger partial charge < -0.3 is 4.90 Å². The highest BCUT2D eigenvalue weighted by Crippen LogP contribution is 2.13. The van der Waals surface area contributed by atoms with E-state index in [1.54, 1.807) is 0 Å². The molecule has 2 nitrogen and oxygen atoms in total. The van der Waals surface area contributed by atoms with E-state index in [-0.39, 0.29) is 0 Å². The molecule has 0 spiro atoms. The van der Waals surface area contributed by atoms with Crippen molar-refractivity contribution in [2.75, 3.05) is 13.1 Å². The summed E-state index contributed by atoms with van der Waals surface area (Å²) in [6, 6.07) is 0. The summed E-state index contributed by atoms with van der Waals surface area (Å²) in [5, 5.41) is 0. The maximum Gasteiger partial charge on any atom is 0.127 e. The molecule has 0 unspecified atom stereocenters. The van der Waals surface area contributed by atoms with E-state index >= 15 is 0 Å². The van der Waals surface area contributed by atoms with E-state index in [0.29, 0.717) is 0 Å². The molecule has 0 radical (unpaired) electrons. The van der Waals surface area contributed by atoms with E-state index in [0.717, 1.165) is 18.9 Å². The number of aliphatic imine (C=N–C) groups is 1. The first-order valence-corrected chi connectivity index (χ1v) is 6.47. The van der Waals surface area contributed by atoms with Crippen LogP contribution >= 0.6 is 0 Å². The van der Waals surface area contributed by atoms with Crippen LogP contribution in [0.1, 0.15) is 45.4 Å². The van der Waals surface area contributed by atoms with Gasteiger partial charge in [-0.25, -0.2) is 4.99 Å². The van der Waals surface area contributed by atoms with Crippen LogP contribution in [0.5, 0.6) is 0 Å². The fraction of sp³-hybridized carbons (Fsp3) is 0.643. The van der Waals surface area contributed by atoms with Gasteiger partial charge >= 0.3 is 0 Å². The van der Waals surface area contributed by atoms with Crippen molar-refractivity contribution in [3.8, 4) is 0 Å². The Morgan fingerprint density at radius 2 is 2.00 bits per heavy atom. The Morgan fingerprint density at radius 3 is 2.75 bits per heavy atom. The maximum absolute atomic E-state index is 4.04. The average Bonchev–Trinajstić information content (AvgIpc) is 2.34. The van der Waals surface area contributed by atoms with Gasteiger partial charge in [-0.05, 0) is 19.2 Å². The summed E-state index contributed by atoms with van der Waals surface area (Å²) in [4.78, 5) is 6.34. The molecular weight excluding hydrogens is 196 g/mol. The van der Waals surface area contributed by atoms with Crippen molar-refractivity contribution in [1.29, 1.82) is 0 Å². The molecule has 0 N–H and O–H groups in total. The molecule has 0 aromatic carbocycles. The Kier molecular flexibility index (Phi) is 6.62. The van der Waals surface area contributed by atoms with Gasteiger partial charge in [0.05, 0.1) is 0 Å². The smallest absolute Gasteiger partial charge is 0.127 e. The number of rotatable bonds is 8. The minimum absolute atomic E-state index is 0.986. The highest BCUT2D eigenvalue weighted by Gasteiger charge is 2.07. The summed E-state index contributed by atoms with van der Waals surface area (Å²) in [7, 11) is 0. The first kappa shape index (κ1) is 13.0. The summed E-state index contributed by atoms with van der Waals surface area (Å²) in [6.07, 6.45) is 14.3. The van der Waals surface area contributed by atoms with Gasteiger partial charge in [-0.15, -0.1) is 0 Å². The number of allylic oxidation sites excluding steroid dienone is 2. The molecule has 0 bridgehead atoms. The van der Waals surface area contributed by atoms with E-state index in [1.807, 2.05) is 6.08 Å². The third-order valence-electron chi connectivity index (χ3n) is 2.97. The number of hydrogen-bond acceptors (Lipinski definition) is 2. The van der Waals surface area contributed by atoms with Crippen LogP contribution in [0.2, 0.25) is 0 Å². The van der Waals surface area contributed by atoms with Crippen molar-refractivity contribution < 1.29 is 0 Å². The summed E-state index contributed by atoms with van der Waals surface area (Å²) in [6.45, 7) is 7.96. The van der Waals surface area contributed by atoms with Crippen LogP contribution in [0.15, 0.2) is 29.0 Å². The molecule has 0 aromatic rings. The zero-order valence-electron chi connectivity index (χ0n) is 10.5. The minimum atomic E-state index is 0.986. The van der Waals surface area contributed by atoms with Crippen molar-refractivity contribution in [3.05, 3.63) is 24.0 Å². The molecule has 1 aliphatic rings. The van der Waals surface area contributed by atoms with Gasteiger partial charge in [0.1, 0.15) is 5.82 Å². The number of hydrogen-bond donors (Lipinski definition) is 0. The van der Waals surface area contributed by atoms with Crippen molar-refractivity contribution >= 4 is 6.72 Å². The Balaban J connectivity index is 2.11. The van der Waals surface area contributed by atoms with Gasteiger partial charge in [-0.3, -0.25) is 0 Å². The van der Waals surface area contributed by atoms with Crippen molar-refractivity contribution in [2.45, 2.75) is 45.4 Å². The third kappa shape index (κ3) is 4.65. The van der Waals surface area contributed by atoms with Crippen LogP contribution in [0, 0.1) is 0 Å².